The van der Waals surface area contributed by atoms with Gasteiger partial charge in [0, 0.05) is 6.04 Å². The summed E-state index contributed by atoms with van der Waals surface area (Å²) in [5, 5.41) is 9.10. The lowest BCUT2D eigenvalue weighted by Crippen LogP contribution is -2.39. The van der Waals surface area contributed by atoms with Crippen LogP contribution in [0.2, 0.25) is 0 Å². The van der Waals surface area contributed by atoms with Crippen molar-refractivity contribution in [1.29, 1.82) is 0 Å². The first-order valence-electron chi connectivity index (χ1n) is 6.19. The molecule has 2 fully saturated rings. The van der Waals surface area contributed by atoms with Crippen molar-refractivity contribution in [1.82, 2.24) is 4.90 Å². The Bertz CT molecular complexity index is 230. The molecule has 3 heteroatoms. The quantitative estimate of drug-likeness (QED) is 0.773. The van der Waals surface area contributed by atoms with E-state index in [0.29, 0.717) is 5.92 Å². The van der Waals surface area contributed by atoms with Crippen LogP contribution < -0.4 is 0 Å². The standard InChI is InChI=1S/C12H21NO2/c1-2-11(12(14)15)9-5-7-13(8-6-9)10-3-4-10/h9-11H,2-8H2,1H3,(H,14,15). The van der Waals surface area contributed by atoms with Gasteiger partial charge >= 0.3 is 5.97 Å². The Hall–Kier alpha value is -0.570. The van der Waals surface area contributed by atoms with Gasteiger partial charge in [-0.25, -0.2) is 0 Å². The van der Waals surface area contributed by atoms with E-state index in [-0.39, 0.29) is 5.92 Å². The van der Waals surface area contributed by atoms with Crippen molar-refractivity contribution in [3.05, 3.63) is 0 Å². The van der Waals surface area contributed by atoms with Crippen molar-refractivity contribution >= 4 is 5.97 Å². The van der Waals surface area contributed by atoms with Crippen molar-refractivity contribution in [3.8, 4) is 0 Å². The summed E-state index contributed by atoms with van der Waals surface area (Å²) in [5.41, 5.74) is 0. The summed E-state index contributed by atoms with van der Waals surface area (Å²) in [7, 11) is 0. The molecule has 2 aliphatic rings. The summed E-state index contributed by atoms with van der Waals surface area (Å²) in [5.74, 6) is -0.281. The van der Waals surface area contributed by atoms with Crippen molar-refractivity contribution < 1.29 is 9.90 Å². The number of likely N-dealkylation sites (tertiary alicyclic amines) is 1. The first-order valence-corrected chi connectivity index (χ1v) is 6.19. The zero-order chi connectivity index (χ0) is 10.8. The Morgan fingerprint density at radius 3 is 2.33 bits per heavy atom. The Morgan fingerprint density at radius 2 is 1.93 bits per heavy atom. The van der Waals surface area contributed by atoms with Crippen LogP contribution in [0.5, 0.6) is 0 Å². The molecule has 1 saturated carbocycles. The first-order chi connectivity index (χ1) is 7.22. The van der Waals surface area contributed by atoms with Gasteiger partial charge in [-0.1, -0.05) is 6.92 Å². The predicted molar refractivity (Wildman–Crippen MR) is 58.7 cm³/mol. The summed E-state index contributed by atoms with van der Waals surface area (Å²) in [6, 6.07) is 0.843. The second kappa shape index (κ2) is 4.52. The van der Waals surface area contributed by atoms with Gasteiger partial charge in [0.15, 0.2) is 0 Å². The van der Waals surface area contributed by atoms with Crippen LogP contribution in [-0.2, 0) is 4.79 Å². The van der Waals surface area contributed by atoms with Crippen LogP contribution in [0.3, 0.4) is 0 Å². The van der Waals surface area contributed by atoms with Gasteiger partial charge in [-0.3, -0.25) is 4.79 Å². The summed E-state index contributed by atoms with van der Waals surface area (Å²) in [6.07, 6.45) is 5.67. The number of carboxylic acids is 1. The molecule has 1 N–H and O–H groups in total. The van der Waals surface area contributed by atoms with Crippen LogP contribution in [0.25, 0.3) is 0 Å². The van der Waals surface area contributed by atoms with Gasteiger partial charge in [-0.2, -0.15) is 0 Å². The van der Waals surface area contributed by atoms with E-state index in [4.69, 9.17) is 5.11 Å². The van der Waals surface area contributed by atoms with Crippen molar-refractivity contribution in [2.24, 2.45) is 11.8 Å². The molecule has 1 saturated heterocycles. The summed E-state index contributed by atoms with van der Waals surface area (Å²) < 4.78 is 0. The molecule has 0 amide bonds. The van der Waals surface area contributed by atoms with Gasteiger partial charge in [-0.05, 0) is 51.1 Å². The molecule has 0 bridgehead atoms. The molecule has 0 aromatic carbocycles. The smallest absolute Gasteiger partial charge is 0.306 e. The molecular weight excluding hydrogens is 190 g/mol. The highest BCUT2D eigenvalue weighted by atomic mass is 16.4. The molecule has 0 aromatic heterocycles. The highest BCUT2D eigenvalue weighted by Gasteiger charge is 2.35. The SMILES string of the molecule is CCC(C(=O)O)C1CCN(C2CC2)CC1. The summed E-state index contributed by atoms with van der Waals surface area (Å²) in [6.45, 7) is 4.24. The third kappa shape index (κ3) is 2.51. The van der Waals surface area contributed by atoms with Crippen molar-refractivity contribution in [2.45, 2.75) is 45.1 Å². The topological polar surface area (TPSA) is 40.5 Å². The lowest BCUT2D eigenvalue weighted by molar-refractivity contribution is -0.144. The molecule has 1 aliphatic heterocycles. The van der Waals surface area contributed by atoms with Crippen LogP contribution >= 0.6 is 0 Å². The van der Waals surface area contributed by atoms with Gasteiger partial charge in [0.25, 0.3) is 0 Å². The normalized spacial score (nSPS) is 26.5. The minimum atomic E-state index is -0.595. The highest BCUT2D eigenvalue weighted by Crippen LogP contribution is 2.33. The number of carbonyl (C=O) groups is 1. The number of carboxylic acid groups (broad SMARTS) is 1. The maximum absolute atomic E-state index is 11.0. The number of piperidine rings is 1. The van der Waals surface area contributed by atoms with Gasteiger partial charge < -0.3 is 10.0 Å². The van der Waals surface area contributed by atoms with Crippen LogP contribution in [0.4, 0.5) is 0 Å². The maximum Gasteiger partial charge on any atom is 0.306 e. The average Bonchev–Trinajstić information content (AvgIpc) is 3.03. The van der Waals surface area contributed by atoms with Crippen LogP contribution in [0.15, 0.2) is 0 Å². The summed E-state index contributed by atoms with van der Waals surface area (Å²) in [4.78, 5) is 13.6. The maximum atomic E-state index is 11.0. The van der Waals surface area contributed by atoms with Gasteiger partial charge in [0.2, 0.25) is 0 Å². The lowest BCUT2D eigenvalue weighted by atomic mass is 9.83. The third-order valence-corrected chi connectivity index (χ3v) is 3.96. The Morgan fingerprint density at radius 1 is 1.33 bits per heavy atom. The molecule has 2 rings (SSSR count). The Kier molecular flexibility index (Phi) is 3.29. The third-order valence-electron chi connectivity index (χ3n) is 3.96. The van der Waals surface area contributed by atoms with Gasteiger partial charge in [-0.15, -0.1) is 0 Å². The number of hydrogen-bond donors (Lipinski definition) is 1. The van der Waals surface area contributed by atoms with E-state index in [1.54, 1.807) is 0 Å². The predicted octanol–water partition coefficient (Wildman–Crippen LogP) is 1.97. The molecule has 0 radical (unpaired) electrons. The van der Waals surface area contributed by atoms with Crippen LogP contribution in [0.1, 0.15) is 39.0 Å². The Balaban J connectivity index is 1.83. The average molecular weight is 211 g/mol. The molecule has 1 heterocycles. The number of rotatable bonds is 4. The molecular formula is C12H21NO2. The number of aliphatic carboxylic acids is 1. The molecule has 15 heavy (non-hydrogen) atoms. The zero-order valence-electron chi connectivity index (χ0n) is 9.48. The largest absolute Gasteiger partial charge is 0.481 e. The minimum Gasteiger partial charge on any atom is -0.481 e. The van der Waals surface area contributed by atoms with E-state index in [0.717, 1.165) is 38.4 Å². The van der Waals surface area contributed by atoms with E-state index >= 15 is 0 Å². The van der Waals surface area contributed by atoms with Crippen LogP contribution in [0, 0.1) is 11.8 Å². The second-order valence-corrected chi connectivity index (χ2v) is 4.96. The van der Waals surface area contributed by atoms with Crippen LogP contribution in [-0.4, -0.2) is 35.1 Å². The number of hydrogen-bond acceptors (Lipinski definition) is 2. The molecule has 86 valence electrons. The fourth-order valence-electron chi connectivity index (χ4n) is 2.84. The fourth-order valence-corrected chi connectivity index (χ4v) is 2.84. The van der Waals surface area contributed by atoms with E-state index in [1.807, 2.05) is 6.92 Å². The monoisotopic (exact) mass is 211 g/mol. The van der Waals surface area contributed by atoms with E-state index < -0.39 is 5.97 Å². The molecule has 3 nitrogen and oxygen atoms in total. The van der Waals surface area contributed by atoms with Gasteiger partial charge in [0.1, 0.15) is 0 Å². The Labute approximate surface area is 91.5 Å². The molecule has 1 atom stereocenters. The highest BCUT2D eigenvalue weighted by molar-refractivity contribution is 5.70. The zero-order valence-corrected chi connectivity index (χ0v) is 9.48. The van der Waals surface area contributed by atoms with Crippen molar-refractivity contribution in [3.63, 3.8) is 0 Å². The lowest BCUT2D eigenvalue weighted by Gasteiger charge is -2.34. The number of nitrogens with zero attached hydrogens (tertiary/aromatic N) is 1. The molecule has 0 aromatic rings. The van der Waals surface area contributed by atoms with E-state index in [2.05, 4.69) is 4.90 Å². The summed E-state index contributed by atoms with van der Waals surface area (Å²) >= 11 is 0. The second-order valence-electron chi connectivity index (χ2n) is 4.96. The minimum absolute atomic E-state index is 0.105. The fraction of sp³-hybridized carbons (Fsp3) is 0.917. The first kappa shape index (κ1) is 10.9. The van der Waals surface area contributed by atoms with E-state index in [1.165, 1.54) is 12.8 Å². The molecule has 1 aliphatic carbocycles. The molecule has 0 spiro atoms. The molecule has 1 unspecified atom stereocenters. The van der Waals surface area contributed by atoms with Gasteiger partial charge in [0.05, 0.1) is 5.92 Å². The van der Waals surface area contributed by atoms with Crippen molar-refractivity contribution in [2.75, 3.05) is 13.1 Å². The van der Waals surface area contributed by atoms with E-state index in [9.17, 15) is 4.79 Å².